The zero-order valence-electron chi connectivity index (χ0n) is 10.2. The van der Waals surface area contributed by atoms with Crippen molar-refractivity contribution in [1.82, 2.24) is 10.2 Å². The Labute approximate surface area is 132 Å². The second kappa shape index (κ2) is 7.02. The van der Waals surface area contributed by atoms with E-state index in [4.69, 9.17) is 23.2 Å². The molecule has 1 heterocycles. The van der Waals surface area contributed by atoms with Crippen LogP contribution in [0.3, 0.4) is 0 Å². The van der Waals surface area contributed by atoms with Crippen molar-refractivity contribution in [3.63, 3.8) is 0 Å². The summed E-state index contributed by atoms with van der Waals surface area (Å²) in [7, 11) is 0. The highest BCUT2D eigenvalue weighted by atomic mass is 35.5. The normalized spacial score (nSPS) is 10.7. The second-order valence-electron chi connectivity index (χ2n) is 3.70. The molecule has 0 spiro atoms. The Morgan fingerprint density at radius 1 is 1.24 bits per heavy atom. The van der Waals surface area contributed by atoms with Crippen molar-refractivity contribution < 1.29 is 13.6 Å². The van der Waals surface area contributed by atoms with Gasteiger partial charge in [0, 0.05) is 4.90 Å². The largest absolute Gasteiger partial charge is 0.321 e. The first-order valence-corrected chi connectivity index (χ1v) is 7.15. The third-order valence-electron chi connectivity index (χ3n) is 2.31. The first kappa shape index (κ1) is 15.9. The molecule has 0 saturated heterocycles. The smallest absolute Gasteiger partial charge is 0.288 e. The quantitative estimate of drug-likeness (QED) is 0.833. The van der Waals surface area contributed by atoms with E-state index in [2.05, 4.69) is 15.5 Å². The lowest BCUT2D eigenvalue weighted by atomic mass is 10.2. The number of para-hydroxylation sites is 1. The van der Waals surface area contributed by atoms with Crippen molar-refractivity contribution in [3.05, 3.63) is 46.2 Å². The summed E-state index contributed by atoms with van der Waals surface area (Å²) >= 11 is 11.7. The molecule has 2 aromatic rings. The number of aromatic nitrogens is 2. The van der Waals surface area contributed by atoms with Crippen LogP contribution in [0.5, 0.6) is 0 Å². The molecular weight excluding hydrogens is 343 g/mol. The topological polar surface area (TPSA) is 54.9 Å². The number of halogens is 4. The maximum atomic E-state index is 12.5. The van der Waals surface area contributed by atoms with Crippen molar-refractivity contribution in [1.29, 1.82) is 0 Å². The van der Waals surface area contributed by atoms with E-state index in [1.54, 1.807) is 12.1 Å². The van der Waals surface area contributed by atoms with Crippen LogP contribution in [-0.4, -0.2) is 21.9 Å². The summed E-state index contributed by atoms with van der Waals surface area (Å²) in [6.45, 7) is 0. The number of anilines is 1. The van der Waals surface area contributed by atoms with Gasteiger partial charge in [-0.2, -0.15) is 8.78 Å². The minimum absolute atomic E-state index is 0.000194. The van der Waals surface area contributed by atoms with Crippen LogP contribution in [-0.2, 0) is 0 Å². The fourth-order valence-electron chi connectivity index (χ4n) is 1.47. The number of hydrogen-bond acceptors (Lipinski definition) is 4. The van der Waals surface area contributed by atoms with Gasteiger partial charge in [-0.05, 0) is 18.2 Å². The molecule has 1 N–H and O–H groups in total. The predicted molar refractivity (Wildman–Crippen MR) is 78.3 cm³/mol. The number of amides is 1. The summed E-state index contributed by atoms with van der Waals surface area (Å²) in [4.78, 5) is 12.3. The summed E-state index contributed by atoms with van der Waals surface area (Å²) in [5, 5.41) is 9.36. The molecule has 21 heavy (non-hydrogen) atoms. The maximum absolute atomic E-state index is 12.5. The Kier molecular flexibility index (Phi) is 5.33. The highest BCUT2D eigenvalue weighted by Gasteiger charge is 2.16. The molecule has 0 saturated carbocycles. The minimum atomic E-state index is -2.59. The van der Waals surface area contributed by atoms with E-state index >= 15 is 0 Å². The van der Waals surface area contributed by atoms with Crippen LogP contribution < -0.4 is 5.32 Å². The van der Waals surface area contributed by atoms with E-state index in [1.807, 2.05) is 0 Å². The molecule has 1 aromatic carbocycles. The predicted octanol–water partition coefficient (Wildman–Crippen LogP) is 4.35. The van der Waals surface area contributed by atoms with Crippen LogP contribution in [0.4, 0.5) is 14.5 Å². The first-order valence-electron chi connectivity index (χ1n) is 5.51. The van der Waals surface area contributed by atoms with E-state index in [1.165, 1.54) is 18.2 Å². The molecule has 1 amide bonds. The lowest BCUT2D eigenvalue weighted by Crippen LogP contribution is -2.14. The zero-order valence-corrected chi connectivity index (χ0v) is 12.5. The Bertz CT molecular complexity index is 673. The summed E-state index contributed by atoms with van der Waals surface area (Å²) < 4.78 is 24.9. The van der Waals surface area contributed by atoms with Gasteiger partial charge in [0.1, 0.15) is 0 Å². The summed E-state index contributed by atoms with van der Waals surface area (Å²) in [5.74, 6) is -3.21. The average molecular weight is 350 g/mol. The Morgan fingerprint density at radius 3 is 2.67 bits per heavy atom. The number of nitrogens with one attached hydrogen (secondary N) is 1. The van der Waals surface area contributed by atoms with Crippen LogP contribution in [0, 0.1) is 0 Å². The van der Waals surface area contributed by atoms with Gasteiger partial charge in [0.05, 0.1) is 11.3 Å². The standard InChI is InChI=1S/C12H7Cl2F2N3OS/c13-9-5-6(10(14)19-18-9)11(20)17-7-3-1-2-4-8(7)21-12(15)16/h1-5,12H,(H,17,20). The fourth-order valence-corrected chi connectivity index (χ4v) is 2.39. The fraction of sp³-hybridized carbons (Fsp3) is 0.0833. The molecule has 0 fully saturated rings. The van der Waals surface area contributed by atoms with Crippen molar-refractivity contribution in [3.8, 4) is 0 Å². The van der Waals surface area contributed by atoms with Crippen LogP contribution in [0.25, 0.3) is 0 Å². The molecule has 2 rings (SSSR count). The Morgan fingerprint density at radius 2 is 1.95 bits per heavy atom. The zero-order chi connectivity index (χ0) is 15.4. The van der Waals surface area contributed by atoms with Gasteiger partial charge in [-0.1, -0.05) is 47.1 Å². The molecule has 0 aliphatic heterocycles. The Hall–Kier alpha value is -1.44. The van der Waals surface area contributed by atoms with Crippen molar-refractivity contribution >= 4 is 46.6 Å². The molecule has 1 aromatic heterocycles. The Balaban J connectivity index is 2.25. The lowest BCUT2D eigenvalue weighted by Gasteiger charge is -2.10. The first-order chi connectivity index (χ1) is 9.97. The number of rotatable bonds is 4. The van der Waals surface area contributed by atoms with Crippen molar-refractivity contribution in [2.75, 3.05) is 5.32 Å². The van der Waals surface area contributed by atoms with Gasteiger partial charge in [0.25, 0.3) is 11.7 Å². The van der Waals surface area contributed by atoms with E-state index in [0.29, 0.717) is 11.8 Å². The highest BCUT2D eigenvalue weighted by molar-refractivity contribution is 7.99. The van der Waals surface area contributed by atoms with Gasteiger partial charge in [-0.3, -0.25) is 4.79 Å². The minimum Gasteiger partial charge on any atom is -0.321 e. The molecule has 9 heteroatoms. The molecule has 0 bridgehead atoms. The van der Waals surface area contributed by atoms with E-state index in [9.17, 15) is 13.6 Å². The molecule has 110 valence electrons. The average Bonchev–Trinajstić information content (AvgIpc) is 2.43. The SMILES string of the molecule is O=C(Nc1ccccc1SC(F)F)c1cc(Cl)nnc1Cl. The van der Waals surface area contributed by atoms with Crippen LogP contribution >= 0.6 is 35.0 Å². The number of alkyl halides is 2. The van der Waals surface area contributed by atoms with Gasteiger partial charge >= 0.3 is 0 Å². The monoisotopic (exact) mass is 349 g/mol. The molecule has 0 radical (unpaired) electrons. The maximum Gasteiger partial charge on any atom is 0.288 e. The second-order valence-corrected chi connectivity index (χ2v) is 5.48. The number of nitrogens with zero attached hydrogens (tertiary/aromatic N) is 2. The molecule has 0 aliphatic carbocycles. The van der Waals surface area contributed by atoms with E-state index in [0.717, 1.165) is 0 Å². The third kappa shape index (κ3) is 4.26. The van der Waals surface area contributed by atoms with E-state index in [-0.39, 0.29) is 26.5 Å². The number of thioether (sulfide) groups is 1. The number of carbonyl (C=O) groups excluding carboxylic acids is 1. The highest BCUT2D eigenvalue weighted by Crippen LogP contribution is 2.32. The summed E-state index contributed by atoms with van der Waals surface area (Å²) in [6, 6.07) is 7.44. The number of hydrogen-bond donors (Lipinski definition) is 1. The molecule has 4 nitrogen and oxygen atoms in total. The van der Waals surface area contributed by atoms with Crippen LogP contribution in [0.1, 0.15) is 10.4 Å². The lowest BCUT2D eigenvalue weighted by molar-refractivity contribution is 0.102. The molecule has 0 aliphatic rings. The number of benzene rings is 1. The third-order valence-corrected chi connectivity index (χ3v) is 3.57. The van der Waals surface area contributed by atoms with Crippen LogP contribution in [0.2, 0.25) is 10.3 Å². The molecular formula is C12H7Cl2F2N3OS. The van der Waals surface area contributed by atoms with E-state index < -0.39 is 11.7 Å². The van der Waals surface area contributed by atoms with Gasteiger partial charge < -0.3 is 5.32 Å². The van der Waals surface area contributed by atoms with Gasteiger partial charge in [0.2, 0.25) is 0 Å². The van der Waals surface area contributed by atoms with Crippen LogP contribution in [0.15, 0.2) is 35.2 Å². The van der Waals surface area contributed by atoms with Gasteiger partial charge in [0.15, 0.2) is 10.3 Å². The molecule has 0 unspecified atom stereocenters. The summed E-state index contributed by atoms with van der Waals surface area (Å²) in [6.07, 6.45) is 0. The number of carbonyl (C=O) groups is 1. The van der Waals surface area contributed by atoms with Gasteiger partial charge in [-0.15, -0.1) is 10.2 Å². The summed E-state index contributed by atoms with van der Waals surface area (Å²) in [5.41, 5.74) is 0.255. The molecule has 0 atom stereocenters. The van der Waals surface area contributed by atoms with Gasteiger partial charge in [-0.25, -0.2) is 0 Å². The van der Waals surface area contributed by atoms with Crippen molar-refractivity contribution in [2.24, 2.45) is 0 Å². The van der Waals surface area contributed by atoms with Crippen molar-refractivity contribution in [2.45, 2.75) is 10.7 Å².